The van der Waals surface area contributed by atoms with Gasteiger partial charge in [-0.1, -0.05) is 20.8 Å². The van der Waals surface area contributed by atoms with E-state index >= 15 is 0 Å². The smallest absolute Gasteiger partial charge is 0.408 e. The van der Waals surface area contributed by atoms with E-state index in [9.17, 15) is 34.5 Å². The first-order chi connectivity index (χ1) is 10.9. The van der Waals surface area contributed by atoms with Crippen LogP contribution in [0.5, 0.6) is 0 Å². The Morgan fingerprint density at radius 2 is 1.75 bits per heavy atom. The Morgan fingerprint density at radius 1 is 1.21 bits per heavy atom. The summed E-state index contributed by atoms with van der Waals surface area (Å²) in [6.07, 6.45) is -0.841. The second kappa shape index (κ2) is 6.50. The van der Waals surface area contributed by atoms with Crippen LogP contribution in [-0.4, -0.2) is 63.9 Å². The molecule has 1 aliphatic heterocycles. The molecule has 3 N–H and O–H groups in total. The van der Waals surface area contributed by atoms with E-state index in [0.29, 0.717) is 4.90 Å². The van der Waals surface area contributed by atoms with Crippen molar-refractivity contribution in [3.05, 3.63) is 11.6 Å². The number of piperidine rings is 1. The van der Waals surface area contributed by atoms with E-state index in [1.807, 2.05) is 0 Å². The van der Waals surface area contributed by atoms with E-state index in [-0.39, 0.29) is 18.5 Å². The number of hydrogen-bond acceptors (Lipinski definition) is 5. The van der Waals surface area contributed by atoms with Crippen LogP contribution in [0.25, 0.3) is 0 Å². The fraction of sp³-hybridized carbons (Fsp3) is 0.600. The summed E-state index contributed by atoms with van der Waals surface area (Å²) >= 11 is 0. The highest BCUT2D eigenvalue weighted by atomic mass is 16.5. The number of aliphatic carboxylic acids is 2. The molecular formula is C15H21NO8. The van der Waals surface area contributed by atoms with Crippen molar-refractivity contribution in [1.82, 2.24) is 4.90 Å². The van der Waals surface area contributed by atoms with Crippen molar-refractivity contribution in [2.24, 2.45) is 10.8 Å². The summed E-state index contributed by atoms with van der Waals surface area (Å²) in [4.78, 5) is 47.4. The zero-order valence-corrected chi connectivity index (χ0v) is 13.9. The number of hydrogen-bond donors (Lipinski definition) is 3. The number of ether oxygens (including phenoxy) is 1. The Bertz CT molecular complexity index is 603. The fourth-order valence-corrected chi connectivity index (χ4v) is 3.12. The van der Waals surface area contributed by atoms with Gasteiger partial charge in [-0.25, -0.2) is 14.4 Å². The van der Waals surface area contributed by atoms with Gasteiger partial charge in [-0.3, -0.25) is 9.69 Å². The molecule has 2 atom stereocenters. The lowest BCUT2D eigenvalue weighted by atomic mass is 9.57. The molecule has 0 unspecified atom stereocenters. The van der Waals surface area contributed by atoms with E-state index in [2.05, 4.69) is 4.74 Å². The molecule has 1 heterocycles. The third-order valence-corrected chi connectivity index (χ3v) is 4.38. The van der Waals surface area contributed by atoms with Crippen molar-refractivity contribution in [1.29, 1.82) is 0 Å². The minimum atomic E-state index is -1.95. The van der Waals surface area contributed by atoms with Gasteiger partial charge in [0.15, 0.2) is 0 Å². The number of carboxylic acids is 2. The number of amides is 1. The van der Waals surface area contributed by atoms with Gasteiger partial charge in [0, 0.05) is 12.6 Å². The lowest BCUT2D eigenvalue weighted by molar-refractivity contribution is -0.176. The van der Waals surface area contributed by atoms with Crippen molar-refractivity contribution in [2.75, 3.05) is 13.7 Å². The number of methoxy groups -OCH3 is 1. The average Bonchev–Trinajstić information content (AvgIpc) is 2.44. The molecule has 9 nitrogen and oxygen atoms in total. The third-order valence-electron chi connectivity index (χ3n) is 4.38. The molecular weight excluding hydrogens is 322 g/mol. The van der Waals surface area contributed by atoms with Crippen molar-refractivity contribution in [2.45, 2.75) is 33.2 Å². The van der Waals surface area contributed by atoms with Crippen LogP contribution >= 0.6 is 0 Å². The highest BCUT2D eigenvalue weighted by molar-refractivity contribution is 5.91. The molecule has 0 saturated carbocycles. The van der Waals surface area contributed by atoms with Crippen LogP contribution in [0.3, 0.4) is 0 Å². The Morgan fingerprint density at radius 3 is 2.08 bits per heavy atom. The lowest BCUT2D eigenvalue weighted by Gasteiger charge is -2.51. The monoisotopic (exact) mass is 343 g/mol. The number of carbonyl (C=O) groups excluding carboxylic acids is 1. The van der Waals surface area contributed by atoms with Crippen LogP contribution in [0.4, 0.5) is 4.79 Å². The zero-order valence-electron chi connectivity index (χ0n) is 13.9. The summed E-state index contributed by atoms with van der Waals surface area (Å²) in [5.41, 5.74) is -2.88. The van der Waals surface area contributed by atoms with Gasteiger partial charge in [0.1, 0.15) is 11.5 Å². The second-order valence-electron chi connectivity index (χ2n) is 6.68. The van der Waals surface area contributed by atoms with Gasteiger partial charge in [0.2, 0.25) is 0 Å². The molecule has 24 heavy (non-hydrogen) atoms. The van der Waals surface area contributed by atoms with Crippen LogP contribution in [-0.2, 0) is 19.1 Å². The summed E-state index contributed by atoms with van der Waals surface area (Å²) in [5, 5.41) is 28.7. The van der Waals surface area contributed by atoms with Crippen LogP contribution in [0, 0.1) is 10.8 Å². The third kappa shape index (κ3) is 3.19. The molecule has 9 heteroatoms. The van der Waals surface area contributed by atoms with Gasteiger partial charge < -0.3 is 20.1 Å². The van der Waals surface area contributed by atoms with E-state index < -0.39 is 40.9 Å². The Kier molecular flexibility index (Phi) is 5.27. The average molecular weight is 343 g/mol. The summed E-state index contributed by atoms with van der Waals surface area (Å²) in [7, 11) is 1.13. The first-order valence-corrected chi connectivity index (χ1v) is 7.11. The van der Waals surface area contributed by atoms with Crippen LogP contribution in [0.1, 0.15) is 27.2 Å². The SMILES string of the molecule is COC(=O)C=C1CN(C(=O)O)[C@H](C(=O)O)[C@](C(=O)O)(C(C)(C)C)C1. The summed E-state index contributed by atoms with van der Waals surface area (Å²) in [5.74, 6) is -3.76. The predicted molar refractivity (Wildman–Crippen MR) is 80.4 cm³/mol. The van der Waals surface area contributed by atoms with Crippen LogP contribution in [0.15, 0.2) is 11.6 Å². The molecule has 0 radical (unpaired) electrons. The summed E-state index contributed by atoms with van der Waals surface area (Å²) < 4.78 is 4.49. The molecule has 134 valence electrons. The number of carboxylic acid groups (broad SMARTS) is 3. The van der Waals surface area contributed by atoms with Gasteiger partial charge >= 0.3 is 24.0 Å². The second-order valence-corrected chi connectivity index (χ2v) is 6.68. The molecule has 1 fully saturated rings. The molecule has 0 aromatic heterocycles. The standard InChI is InChI=1S/C15H21NO8/c1-14(2,3)15(12(20)21)6-8(5-9(17)24-4)7-16(13(22)23)10(15)11(18)19/h5,10H,6-7H2,1-4H3,(H,18,19)(H,20,21)(H,22,23)/t10-,15-/m1/s1. The molecule has 1 aliphatic rings. The summed E-state index contributed by atoms with van der Waals surface area (Å²) in [6, 6.07) is -1.79. The predicted octanol–water partition coefficient (Wildman–Crippen LogP) is 1.04. The molecule has 0 spiro atoms. The Hall–Kier alpha value is -2.58. The van der Waals surface area contributed by atoms with Crippen molar-refractivity contribution >= 4 is 24.0 Å². The number of rotatable bonds is 3. The minimum Gasteiger partial charge on any atom is -0.481 e. The maximum atomic E-state index is 12.1. The van der Waals surface area contributed by atoms with Crippen molar-refractivity contribution in [3.8, 4) is 0 Å². The Labute approximate surface area is 138 Å². The van der Waals surface area contributed by atoms with E-state index in [0.717, 1.165) is 13.2 Å². The number of likely N-dealkylation sites (tertiary alicyclic amines) is 1. The maximum absolute atomic E-state index is 12.1. The molecule has 0 aromatic carbocycles. The van der Waals surface area contributed by atoms with Gasteiger partial charge in [-0.15, -0.1) is 0 Å². The number of nitrogens with zero attached hydrogens (tertiary/aromatic N) is 1. The van der Waals surface area contributed by atoms with Gasteiger partial charge in [-0.2, -0.15) is 0 Å². The van der Waals surface area contributed by atoms with Gasteiger partial charge in [0.05, 0.1) is 7.11 Å². The van der Waals surface area contributed by atoms with Crippen LogP contribution < -0.4 is 0 Å². The van der Waals surface area contributed by atoms with E-state index in [4.69, 9.17) is 0 Å². The first kappa shape index (κ1) is 19.5. The highest BCUT2D eigenvalue weighted by Gasteiger charge is 2.62. The molecule has 0 aliphatic carbocycles. The highest BCUT2D eigenvalue weighted by Crippen LogP contribution is 2.51. The lowest BCUT2D eigenvalue weighted by Crippen LogP contribution is -2.65. The van der Waals surface area contributed by atoms with Gasteiger partial charge in [0.25, 0.3) is 0 Å². The molecule has 0 bridgehead atoms. The van der Waals surface area contributed by atoms with Crippen LogP contribution in [0.2, 0.25) is 0 Å². The van der Waals surface area contributed by atoms with Crippen molar-refractivity contribution < 1.29 is 39.2 Å². The molecule has 1 rings (SSSR count). The summed E-state index contributed by atoms with van der Waals surface area (Å²) in [6.45, 7) is 4.20. The van der Waals surface area contributed by atoms with Crippen molar-refractivity contribution in [3.63, 3.8) is 0 Å². The number of carbonyl (C=O) groups is 4. The fourth-order valence-electron chi connectivity index (χ4n) is 3.12. The normalized spacial score (nSPS) is 26.1. The number of esters is 1. The molecule has 0 aromatic rings. The molecule has 1 saturated heterocycles. The molecule has 1 amide bonds. The maximum Gasteiger partial charge on any atom is 0.408 e. The Balaban J connectivity index is 3.66. The first-order valence-electron chi connectivity index (χ1n) is 7.11. The minimum absolute atomic E-state index is 0.180. The van der Waals surface area contributed by atoms with E-state index in [1.165, 1.54) is 20.8 Å². The largest absolute Gasteiger partial charge is 0.481 e. The quantitative estimate of drug-likeness (QED) is 0.510. The zero-order chi connectivity index (χ0) is 18.9. The topological polar surface area (TPSA) is 141 Å². The van der Waals surface area contributed by atoms with Gasteiger partial charge in [-0.05, 0) is 17.4 Å². The van der Waals surface area contributed by atoms with E-state index in [1.54, 1.807) is 0 Å².